The smallest absolute Gasteiger partial charge is 0.346 e. The molecule has 23 heavy (non-hydrogen) atoms. The molecule has 0 aliphatic carbocycles. The number of nitrogens with zero attached hydrogens (tertiary/aromatic N) is 1. The molecule has 2 heterocycles. The van der Waals surface area contributed by atoms with Crippen molar-refractivity contribution in [1.29, 1.82) is 0 Å². The van der Waals surface area contributed by atoms with Crippen molar-refractivity contribution in [1.82, 2.24) is 4.98 Å². The van der Waals surface area contributed by atoms with Crippen LogP contribution in [0.1, 0.15) is 26.3 Å². The first-order valence-corrected chi connectivity index (χ1v) is 7.42. The lowest BCUT2D eigenvalue weighted by Gasteiger charge is -2.17. The summed E-state index contributed by atoms with van der Waals surface area (Å²) in [6.07, 6.45) is 0. The van der Waals surface area contributed by atoms with Crippen molar-refractivity contribution in [2.24, 2.45) is 5.41 Å². The van der Waals surface area contributed by atoms with Crippen LogP contribution in [0.5, 0.6) is 0 Å². The average Bonchev–Trinajstić information content (AvgIpc) is 2.45. The molecule has 0 unspecified atom stereocenters. The van der Waals surface area contributed by atoms with Gasteiger partial charge in [0.15, 0.2) is 0 Å². The molecular formula is C18H18N2O3. The summed E-state index contributed by atoms with van der Waals surface area (Å²) in [5.74, 6) is 0.307. The number of hydrogen-bond acceptors (Lipinski definition) is 4. The van der Waals surface area contributed by atoms with E-state index in [0.717, 1.165) is 10.9 Å². The van der Waals surface area contributed by atoms with Crippen LogP contribution in [0.15, 0.2) is 39.5 Å². The zero-order valence-corrected chi connectivity index (χ0v) is 13.6. The summed E-state index contributed by atoms with van der Waals surface area (Å²) in [5, 5.41) is 4.01. The number of carbonyl (C=O) groups is 1. The van der Waals surface area contributed by atoms with Gasteiger partial charge >= 0.3 is 5.63 Å². The molecule has 118 valence electrons. The Labute approximate surface area is 133 Å². The highest BCUT2D eigenvalue weighted by atomic mass is 16.4. The molecule has 0 aliphatic heterocycles. The van der Waals surface area contributed by atoms with Gasteiger partial charge in [-0.1, -0.05) is 32.9 Å². The number of anilines is 1. The van der Waals surface area contributed by atoms with Gasteiger partial charge in [0.2, 0.25) is 5.91 Å². The van der Waals surface area contributed by atoms with E-state index in [1.165, 1.54) is 0 Å². The van der Waals surface area contributed by atoms with Gasteiger partial charge in [-0.25, -0.2) is 9.78 Å². The van der Waals surface area contributed by atoms with E-state index < -0.39 is 11.0 Å². The van der Waals surface area contributed by atoms with E-state index in [0.29, 0.717) is 22.3 Å². The molecule has 2 aromatic heterocycles. The minimum absolute atomic E-state index is 0.129. The van der Waals surface area contributed by atoms with Crippen LogP contribution in [0, 0.1) is 12.3 Å². The van der Waals surface area contributed by atoms with E-state index in [-0.39, 0.29) is 5.91 Å². The lowest BCUT2D eigenvalue weighted by molar-refractivity contribution is -0.123. The Morgan fingerprint density at radius 3 is 2.61 bits per heavy atom. The van der Waals surface area contributed by atoms with E-state index in [1.807, 2.05) is 39.8 Å². The normalized spacial score (nSPS) is 11.8. The first-order valence-electron chi connectivity index (χ1n) is 7.42. The number of aromatic nitrogens is 1. The molecule has 0 saturated carbocycles. The van der Waals surface area contributed by atoms with E-state index in [2.05, 4.69) is 10.3 Å². The van der Waals surface area contributed by atoms with Gasteiger partial charge in [-0.15, -0.1) is 0 Å². The zero-order valence-electron chi connectivity index (χ0n) is 13.6. The van der Waals surface area contributed by atoms with E-state index >= 15 is 0 Å². The lowest BCUT2D eigenvalue weighted by Crippen LogP contribution is -2.28. The Bertz CT molecular complexity index is 981. The van der Waals surface area contributed by atoms with Crippen LogP contribution in [0.2, 0.25) is 0 Å². The fraction of sp³-hybridized carbons (Fsp3) is 0.278. The van der Waals surface area contributed by atoms with Crippen molar-refractivity contribution in [2.45, 2.75) is 27.7 Å². The number of carbonyl (C=O) groups excluding carboxylic acids is 1. The van der Waals surface area contributed by atoms with E-state index in [9.17, 15) is 9.59 Å². The molecule has 0 spiro atoms. The first kappa shape index (κ1) is 15.2. The highest BCUT2D eigenvalue weighted by molar-refractivity contribution is 6.04. The Kier molecular flexibility index (Phi) is 3.43. The predicted molar refractivity (Wildman–Crippen MR) is 90.6 cm³/mol. The number of fused-ring (bicyclic) bond motifs is 3. The summed E-state index contributed by atoms with van der Waals surface area (Å²) in [7, 11) is 0. The van der Waals surface area contributed by atoms with Gasteiger partial charge in [0.1, 0.15) is 11.4 Å². The largest absolute Gasteiger partial charge is 0.422 e. The maximum Gasteiger partial charge on any atom is 0.346 e. The minimum atomic E-state index is -0.525. The van der Waals surface area contributed by atoms with Gasteiger partial charge in [-0.3, -0.25) is 4.79 Å². The second-order valence-corrected chi connectivity index (χ2v) is 6.64. The molecule has 1 amide bonds. The van der Waals surface area contributed by atoms with Gasteiger partial charge in [0.05, 0.1) is 10.9 Å². The van der Waals surface area contributed by atoms with Gasteiger partial charge < -0.3 is 9.73 Å². The van der Waals surface area contributed by atoms with Crippen LogP contribution in [0.25, 0.3) is 21.9 Å². The fourth-order valence-corrected chi connectivity index (χ4v) is 2.40. The third kappa shape index (κ3) is 2.70. The molecular weight excluding hydrogens is 292 g/mol. The third-order valence-electron chi connectivity index (χ3n) is 3.69. The standard InChI is InChI=1S/C18H18N2O3/c1-10-9-13(20-17(22)18(2,3)4)19-15-11-7-5-6-8-12(11)23-16(21)14(10)15/h5-9H,1-4H3,(H,19,20,22). The number of benzene rings is 1. The summed E-state index contributed by atoms with van der Waals surface area (Å²) >= 11 is 0. The maximum absolute atomic E-state index is 12.2. The van der Waals surface area contributed by atoms with Gasteiger partial charge in [-0.2, -0.15) is 0 Å². The number of para-hydroxylation sites is 1. The molecule has 0 atom stereocenters. The summed E-state index contributed by atoms with van der Waals surface area (Å²) < 4.78 is 5.35. The molecule has 5 heteroatoms. The van der Waals surface area contributed by atoms with Crippen molar-refractivity contribution in [3.63, 3.8) is 0 Å². The molecule has 0 saturated heterocycles. The second-order valence-electron chi connectivity index (χ2n) is 6.64. The predicted octanol–water partition coefficient (Wildman–Crippen LogP) is 3.63. The molecule has 3 rings (SSSR count). The van der Waals surface area contributed by atoms with Crippen LogP contribution in [0.4, 0.5) is 5.82 Å². The highest BCUT2D eigenvalue weighted by Crippen LogP contribution is 2.26. The molecule has 3 aromatic rings. The van der Waals surface area contributed by atoms with Crippen LogP contribution >= 0.6 is 0 Å². The van der Waals surface area contributed by atoms with Crippen molar-refractivity contribution < 1.29 is 9.21 Å². The lowest BCUT2D eigenvalue weighted by atomic mass is 9.96. The van der Waals surface area contributed by atoms with Crippen molar-refractivity contribution in [2.75, 3.05) is 5.32 Å². The summed E-state index contributed by atoms with van der Waals surface area (Å²) in [5.41, 5.74) is 0.802. The first-order chi connectivity index (χ1) is 10.8. The van der Waals surface area contributed by atoms with Gasteiger partial charge in [0, 0.05) is 10.8 Å². The topological polar surface area (TPSA) is 72.2 Å². The zero-order chi connectivity index (χ0) is 16.8. The summed E-state index contributed by atoms with van der Waals surface area (Å²) in [6, 6.07) is 8.93. The second kappa shape index (κ2) is 5.19. The SMILES string of the molecule is Cc1cc(NC(=O)C(C)(C)C)nc2c1c(=O)oc1ccccc12. The number of nitrogens with one attached hydrogen (secondary N) is 1. The van der Waals surface area contributed by atoms with Gasteiger partial charge in [-0.05, 0) is 30.7 Å². The molecule has 1 N–H and O–H groups in total. The van der Waals surface area contributed by atoms with Crippen LogP contribution in [-0.2, 0) is 4.79 Å². The summed E-state index contributed by atoms with van der Waals surface area (Å²) in [6.45, 7) is 7.31. The molecule has 0 radical (unpaired) electrons. The maximum atomic E-state index is 12.2. The number of amides is 1. The Balaban J connectivity index is 2.26. The number of aryl methyl sites for hydroxylation is 1. The average molecular weight is 310 g/mol. The molecule has 0 bridgehead atoms. The minimum Gasteiger partial charge on any atom is -0.422 e. The van der Waals surface area contributed by atoms with Crippen molar-refractivity contribution in [3.8, 4) is 0 Å². The van der Waals surface area contributed by atoms with E-state index in [4.69, 9.17) is 4.42 Å². The Hall–Kier alpha value is -2.69. The van der Waals surface area contributed by atoms with Crippen LogP contribution < -0.4 is 10.9 Å². The molecule has 1 aromatic carbocycles. The fourth-order valence-electron chi connectivity index (χ4n) is 2.40. The van der Waals surface area contributed by atoms with Crippen LogP contribution in [0.3, 0.4) is 0 Å². The molecule has 5 nitrogen and oxygen atoms in total. The summed E-state index contributed by atoms with van der Waals surface area (Å²) in [4.78, 5) is 28.9. The van der Waals surface area contributed by atoms with Crippen molar-refractivity contribution in [3.05, 3.63) is 46.3 Å². The van der Waals surface area contributed by atoms with E-state index in [1.54, 1.807) is 18.2 Å². The van der Waals surface area contributed by atoms with Crippen LogP contribution in [-0.4, -0.2) is 10.9 Å². The quantitative estimate of drug-likeness (QED) is 0.550. The van der Waals surface area contributed by atoms with Gasteiger partial charge in [0.25, 0.3) is 0 Å². The molecule has 0 aliphatic rings. The third-order valence-corrected chi connectivity index (χ3v) is 3.69. The number of hydrogen-bond donors (Lipinski definition) is 1. The highest BCUT2D eigenvalue weighted by Gasteiger charge is 2.22. The monoisotopic (exact) mass is 310 g/mol. The number of pyridine rings is 1. The Morgan fingerprint density at radius 2 is 1.91 bits per heavy atom. The van der Waals surface area contributed by atoms with Crippen molar-refractivity contribution >= 4 is 33.6 Å². The molecule has 0 fully saturated rings. The number of rotatable bonds is 1. The Morgan fingerprint density at radius 1 is 1.22 bits per heavy atom.